The predicted molar refractivity (Wildman–Crippen MR) is 85.6 cm³/mol. The highest BCUT2D eigenvalue weighted by molar-refractivity contribution is 5.47. The van der Waals surface area contributed by atoms with Crippen LogP contribution >= 0.6 is 0 Å². The fourth-order valence-electron chi connectivity index (χ4n) is 1.87. The van der Waals surface area contributed by atoms with E-state index in [1.165, 1.54) is 0 Å². The fourth-order valence-corrected chi connectivity index (χ4v) is 1.87. The Morgan fingerprint density at radius 3 is 2.81 bits per heavy atom. The molecule has 0 fully saturated rings. The zero-order valence-corrected chi connectivity index (χ0v) is 13.1. The Morgan fingerprint density at radius 1 is 1.43 bits per heavy atom. The van der Waals surface area contributed by atoms with Crippen LogP contribution in [0.2, 0.25) is 0 Å². The van der Waals surface area contributed by atoms with E-state index < -0.39 is 5.60 Å². The van der Waals surface area contributed by atoms with Crippen LogP contribution in [0, 0.1) is 11.8 Å². The van der Waals surface area contributed by atoms with Gasteiger partial charge in [0.1, 0.15) is 18.1 Å². The predicted octanol–water partition coefficient (Wildman–Crippen LogP) is 3.66. The topological polar surface area (TPSA) is 38.7 Å². The van der Waals surface area contributed by atoms with Crippen molar-refractivity contribution >= 4 is 0 Å². The molecule has 1 rings (SSSR count). The van der Waals surface area contributed by atoms with E-state index in [0.717, 1.165) is 19.3 Å². The summed E-state index contributed by atoms with van der Waals surface area (Å²) in [5, 5.41) is 10.6. The molecule has 0 saturated carbocycles. The summed E-state index contributed by atoms with van der Waals surface area (Å²) in [6.07, 6.45) is 4.56. The summed E-state index contributed by atoms with van der Waals surface area (Å²) in [7, 11) is 1.59. The van der Waals surface area contributed by atoms with Crippen molar-refractivity contribution in [3.63, 3.8) is 0 Å². The molecule has 0 amide bonds. The van der Waals surface area contributed by atoms with E-state index in [1.807, 2.05) is 0 Å². The van der Waals surface area contributed by atoms with Crippen molar-refractivity contribution in [3.8, 4) is 23.3 Å². The van der Waals surface area contributed by atoms with E-state index in [2.05, 4.69) is 25.3 Å². The first-order valence-corrected chi connectivity index (χ1v) is 7.19. The monoisotopic (exact) mass is 288 g/mol. The average molecular weight is 288 g/mol. The fraction of sp³-hybridized carbons (Fsp3) is 0.444. The molecule has 1 aromatic carbocycles. The molecule has 1 atom stereocenters. The molecule has 0 aliphatic heterocycles. The van der Waals surface area contributed by atoms with Crippen molar-refractivity contribution in [1.82, 2.24) is 0 Å². The zero-order valence-electron chi connectivity index (χ0n) is 13.1. The Balaban J connectivity index is 3.06. The van der Waals surface area contributed by atoms with Gasteiger partial charge in [-0.15, -0.1) is 0 Å². The molecule has 1 N–H and O–H groups in total. The van der Waals surface area contributed by atoms with E-state index in [1.54, 1.807) is 38.3 Å². The third-order valence-corrected chi connectivity index (χ3v) is 3.06. The first-order chi connectivity index (χ1) is 10.0. The summed E-state index contributed by atoms with van der Waals surface area (Å²) in [6.45, 7) is 7.78. The number of hydrogen-bond acceptors (Lipinski definition) is 3. The molecule has 0 aromatic heterocycles. The highest BCUT2D eigenvalue weighted by Crippen LogP contribution is 2.33. The molecule has 0 spiro atoms. The SMILES string of the molecule is C=CCOc1cc(OC)ccc1C(C)(O)C#CCCCC. The lowest BCUT2D eigenvalue weighted by Crippen LogP contribution is -2.20. The van der Waals surface area contributed by atoms with Gasteiger partial charge in [0.25, 0.3) is 0 Å². The number of benzene rings is 1. The van der Waals surface area contributed by atoms with Gasteiger partial charge in [0.2, 0.25) is 0 Å². The largest absolute Gasteiger partial charge is 0.497 e. The lowest BCUT2D eigenvalue weighted by molar-refractivity contribution is 0.117. The minimum absolute atomic E-state index is 0.361. The van der Waals surface area contributed by atoms with Crippen LogP contribution in [0.4, 0.5) is 0 Å². The molecule has 1 unspecified atom stereocenters. The zero-order chi connectivity index (χ0) is 15.7. The van der Waals surface area contributed by atoms with Gasteiger partial charge in [0, 0.05) is 18.1 Å². The van der Waals surface area contributed by atoms with Crippen molar-refractivity contribution in [2.75, 3.05) is 13.7 Å². The first-order valence-electron chi connectivity index (χ1n) is 7.19. The number of hydrogen-bond donors (Lipinski definition) is 1. The number of unbranched alkanes of at least 4 members (excludes halogenated alkanes) is 2. The van der Waals surface area contributed by atoms with Gasteiger partial charge in [-0.25, -0.2) is 0 Å². The van der Waals surface area contributed by atoms with Crippen molar-refractivity contribution in [1.29, 1.82) is 0 Å². The van der Waals surface area contributed by atoms with E-state index in [-0.39, 0.29) is 0 Å². The molecule has 0 bridgehead atoms. The molecule has 0 saturated heterocycles. The number of aliphatic hydroxyl groups is 1. The van der Waals surface area contributed by atoms with Gasteiger partial charge in [0.05, 0.1) is 7.11 Å². The van der Waals surface area contributed by atoms with Crippen LogP contribution in [0.25, 0.3) is 0 Å². The molecule has 0 aliphatic carbocycles. The second-order valence-corrected chi connectivity index (χ2v) is 4.94. The number of methoxy groups -OCH3 is 1. The lowest BCUT2D eigenvalue weighted by Gasteiger charge is -2.21. The third kappa shape index (κ3) is 5.17. The van der Waals surface area contributed by atoms with Crippen LogP contribution in [-0.2, 0) is 5.60 Å². The second kappa shape index (κ2) is 8.39. The van der Waals surface area contributed by atoms with Crippen LogP contribution in [0.5, 0.6) is 11.5 Å². The normalized spacial score (nSPS) is 12.8. The maximum absolute atomic E-state index is 10.6. The maximum Gasteiger partial charge on any atom is 0.151 e. The molecule has 0 radical (unpaired) electrons. The molecular formula is C18H24O3. The Hall–Kier alpha value is -1.92. The minimum Gasteiger partial charge on any atom is -0.497 e. The lowest BCUT2D eigenvalue weighted by atomic mass is 9.95. The van der Waals surface area contributed by atoms with E-state index in [0.29, 0.717) is 23.7 Å². The van der Waals surface area contributed by atoms with Crippen LogP contribution in [0.3, 0.4) is 0 Å². The van der Waals surface area contributed by atoms with Crippen LogP contribution in [0.15, 0.2) is 30.9 Å². The van der Waals surface area contributed by atoms with E-state index >= 15 is 0 Å². The summed E-state index contributed by atoms with van der Waals surface area (Å²) in [4.78, 5) is 0. The highest BCUT2D eigenvalue weighted by atomic mass is 16.5. The number of ether oxygens (including phenoxy) is 2. The summed E-state index contributed by atoms with van der Waals surface area (Å²) in [5.74, 6) is 7.19. The summed E-state index contributed by atoms with van der Waals surface area (Å²) >= 11 is 0. The van der Waals surface area contributed by atoms with Gasteiger partial charge in [-0.1, -0.05) is 37.8 Å². The Labute approximate surface area is 127 Å². The third-order valence-electron chi connectivity index (χ3n) is 3.06. The van der Waals surface area contributed by atoms with Crippen LogP contribution in [-0.4, -0.2) is 18.8 Å². The van der Waals surface area contributed by atoms with Crippen molar-refractivity contribution in [2.45, 2.75) is 38.7 Å². The minimum atomic E-state index is -1.25. The molecular weight excluding hydrogens is 264 g/mol. The average Bonchev–Trinajstić information content (AvgIpc) is 2.49. The molecule has 114 valence electrons. The van der Waals surface area contributed by atoms with Gasteiger partial charge >= 0.3 is 0 Å². The van der Waals surface area contributed by atoms with Gasteiger partial charge < -0.3 is 14.6 Å². The molecule has 3 heteroatoms. The van der Waals surface area contributed by atoms with E-state index in [9.17, 15) is 5.11 Å². The molecule has 3 nitrogen and oxygen atoms in total. The molecule has 21 heavy (non-hydrogen) atoms. The van der Waals surface area contributed by atoms with Crippen LogP contribution < -0.4 is 9.47 Å². The summed E-state index contributed by atoms with van der Waals surface area (Å²) in [5.41, 5.74) is -0.620. The van der Waals surface area contributed by atoms with Gasteiger partial charge in [-0.3, -0.25) is 0 Å². The van der Waals surface area contributed by atoms with Gasteiger partial charge in [-0.05, 0) is 25.5 Å². The molecule has 1 aromatic rings. The van der Waals surface area contributed by atoms with Crippen molar-refractivity contribution in [3.05, 3.63) is 36.4 Å². The highest BCUT2D eigenvalue weighted by Gasteiger charge is 2.25. The summed E-state index contributed by atoms with van der Waals surface area (Å²) < 4.78 is 10.8. The van der Waals surface area contributed by atoms with Gasteiger partial charge in [0.15, 0.2) is 5.60 Å². The van der Waals surface area contributed by atoms with Crippen molar-refractivity contribution in [2.24, 2.45) is 0 Å². The second-order valence-electron chi connectivity index (χ2n) is 4.94. The number of rotatable bonds is 7. The molecule has 0 heterocycles. The van der Waals surface area contributed by atoms with Gasteiger partial charge in [-0.2, -0.15) is 0 Å². The summed E-state index contributed by atoms with van der Waals surface area (Å²) in [6, 6.07) is 5.32. The smallest absolute Gasteiger partial charge is 0.151 e. The Bertz CT molecular complexity index is 521. The Morgan fingerprint density at radius 2 is 2.19 bits per heavy atom. The standard InChI is InChI=1S/C18H24O3/c1-5-7-8-9-12-18(3,19)16-11-10-15(20-4)14-17(16)21-13-6-2/h6,10-11,14,19H,2,5,7-8,13H2,1,3-4H3. The van der Waals surface area contributed by atoms with Crippen molar-refractivity contribution < 1.29 is 14.6 Å². The quantitative estimate of drug-likeness (QED) is 0.473. The maximum atomic E-state index is 10.6. The Kier molecular flexibility index (Phi) is 6.84. The van der Waals surface area contributed by atoms with E-state index in [4.69, 9.17) is 9.47 Å². The first kappa shape index (κ1) is 17.1. The molecule has 0 aliphatic rings. The van der Waals surface area contributed by atoms with Crippen LogP contribution in [0.1, 0.15) is 38.7 Å².